The molecule has 1 N–H and O–H groups in total. The molecule has 8 nitrogen and oxygen atoms in total. The molecule has 1 aliphatic heterocycles. The van der Waals surface area contributed by atoms with Gasteiger partial charge in [0.15, 0.2) is 5.69 Å². The Kier molecular flexibility index (Phi) is 5.36. The number of nitrogens with zero attached hydrogens (tertiary/aromatic N) is 4. The van der Waals surface area contributed by atoms with Gasteiger partial charge in [0.25, 0.3) is 5.89 Å². The number of aromatic nitrogens is 3. The van der Waals surface area contributed by atoms with Crippen LogP contribution in [0.25, 0.3) is 11.6 Å². The Hall–Kier alpha value is -3.16. The Morgan fingerprint density at radius 1 is 1.29 bits per heavy atom. The summed E-state index contributed by atoms with van der Waals surface area (Å²) in [5.41, 5.74) is 3.17. The van der Waals surface area contributed by atoms with E-state index in [-0.39, 0.29) is 5.91 Å². The van der Waals surface area contributed by atoms with Gasteiger partial charge in [-0.25, -0.2) is 0 Å². The molecule has 4 rings (SSSR count). The second kappa shape index (κ2) is 8.24. The van der Waals surface area contributed by atoms with E-state index in [4.69, 9.17) is 8.94 Å². The van der Waals surface area contributed by atoms with Crippen LogP contribution in [0.15, 0.2) is 39.3 Å². The van der Waals surface area contributed by atoms with Crippen LogP contribution in [-0.4, -0.2) is 40.9 Å². The fraction of sp³-hybridized carbons (Fsp3) is 0.400. The van der Waals surface area contributed by atoms with Gasteiger partial charge in [-0.1, -0.05) is 23.4 Å². The Bertz CT molecular complexity index is 949. The number of carbonyl (C=O) groups excluding carboxylic acids is 1. The van der Waals surface area contributed by atoms with Gasteiger partial charge < -0.3 is 19.2 Å². The van der Waals surface area contributed by atoms with E-state index in [1.54, 1.807) is 13.0 Å². The number of carbonyl (C=O) groups is 1. The highest BCUT2D eigenvalue weighted by atomic mass is 16.5. The van der Waals surface area contributed by atoms with E-state index < -0.39 is 0 Å². The molecule has 8 heteroatoms. The second-order valence-corrected chi connectivity index (χ2v) is 6.89. The normalized spacial score (nSPS) is 13.4. The molecule has 3 heterocycles. The van der Waals surface area contributed by atoms with Crippen molar-refractivity contribution in [1.82, 2.24) is 20.7 Å². The maximum atomic E-state index is 12.1. The summed E-state index contributed by atoms with van der Waals surface area (Å²) in [6, 6.07) is 10.2. The molecular formula is C20H23N5O3. The molecule has 0 bridgehead atoms. The van der Waals surface area contributed by atoms with E-state index in [1.165, 1.54) is 11.3 Å². The Morgan fingerprint density at radius 2 is 2.18 bits per heavy atom. The van der Waals surface area contributed by atoms with Gasteiger partial charge in [-0.05, 0) is 31.4 Å². The summed E-state index contributed by atoms with van der Waals surface area (Å²) < 4.78 is 10.5. The predicted octanol–water partition coefficient (Wildman–Crippen LogP) is 2.53. The quantitative estimate of drug-likeness (QED) is 0.671. The van der Waals surface area contributed by atoms with E-state index in [1.807, 2.05) is 0 Å². The van der Waals surface area contributed by atoms with Crippen molar-refractivity contribution in [2.45, 2.75) is 32.6 Å². The van der Waals surface area contributed by atoms with Crippen molar-refractivity contribution >= 4 is 11.6 Å². The van der Waals surface area contributed by atoms with Crippen LogP contribution in [0.4, 0.5) is 5.69 Å². The van der Waals surface area contributed by atoms with Crippen molar-refractivity contribution in [3.8, 4) is 11.6 Å². The summed E-state index contributed by atoms with van der Waals surface area (Å²) in [7, 11) is 0. The van der Waals surface area contributed by atoms with Crippen LogP contribution >= 0.6 is 0 Å². The van der Waals surface area contributed by atoms with Crippen molar-refractivity contribution in [2.24, 2.45) is 0 Å². The summed E-state index contributed by atoms with van der Waals surface area (Å²) in [5.74, 6) is 1.36. The van der Waals surface area contributed by atoms with Crippen molar-refractivity contribution in [2.75, 3.05) is 24.5 Å². The number of anilines is 1. The molecule has 1 amide bonds. The highest BCUT2D eigenvalue weighted by molar-refractivity contribution is 5.76. The molecule has 0 radical (unpaired) electrons. The number of aryl methyl sites for hydroxylation is 3. The van der Waals surface area contributed by atoms with Gasteiger partial charge in [-0.2, -0.15) is 0 Å². The number of amides is 1. The first kappa shape index (κ1) is 18.2. The van der Waals surface area contributed by atoms with Crippen molar-refractivity contribution in [3.63, 3.8) is 0 Å². The number of rotatable bonds is 7. The molecule has 28 heavy (non-hydrogen) atoms. The molecule has 3 aromatic rings. The lowest BCUT2D eigenvalue weighted by molar-refractivity contribution is -0.121. The van der Waals surface area contributed by atoms with Crippen LogP contribution in [0.2, 0.25) is 0 Å². The minimum Gasteiger partial charge on any atom is -0.419 e. The van der Waals surface area contributed by atoms with Crippen LogP contribution in [-0.2, 0) is 17.6 Å². The summed E-state index contributed by atoms with van der Waals surface area (Å²) in [4.78, 5) is 14.5. The Morgan fingerprint density at radius 3 is 3.04 bits per heavy atom. The van der Waals surface area contributed by atoms with Gasteiger partial charge >= 0.3 is 0 Å². The first-order valence-electron chi connectivity index (χ1n) is 9.54. The molecular weight excluding hydrogens is 358 g/mol. The largest absolute Gasteiger partial charge is 0.419 e. The number of fused-ring (bicyclic) bond motifs is 1. The van der Waals surface area contributed by atoms with Crippen LogP contribution < -0.4 is 10.2 Å². The topological polar surface area (TPSA) is 97.3 Å². The monoisotopic (exact) mass is 381 g/mol. The third kappa shape index (κ3) is 4.21. The van der Waals surface area contributed by atoms with E-state index >= 15 is 0 Å². The molecule has 1 aliphatic rings. The molecule has 0 aliphatic carbocycles. The molecule has 1 aromatic carbocycles. The second-order valence-electron chi connectivity index (χ2n) is 6.89. The van der Waals surface area contributed by atoms with Crippen LogP contribution in [0.3, 0.4) is 0 Å². The van der Waals surface area contributed by atoms with E-state index in [0.717, 1.165) is 25.9 Å². The number of hydrogen-bond acceptors (Lipinski definition) is 7. The number of nitrogens with one attached hydrogen (secondary N) is 1. The summed E-state index contributed by atoms with van der Waals surface area (Å²) in [5, 5.41) is 14.7. The third-order valence-electron chi connectivity index (χ3n) is 4.79. The predicted molar refractivity (Wildman–Crippen MR) is 103 cm³/mol. The van der Waals surface area contributed by atoms with Gasteiger partial charge in [-0.15, -0.1) is 10.2 Å². The molecule has 0 fully saturated rings. The fourth-order valence-corrected chi connectivity index (χ4v) is 3.41. The molecule has 0 saturated heterocycles. The SMILES string of the molecule is Cc1cc(-c2nnc(CCC(=O)NCCN3CCCc4ccccc43)o2)no1. The molecule has 2 aromatic heterocycles. The van der Waals surface area contributed by atoms with Crippen molar-refractivity contribution in [3.05, 3.63) is 47.5 Å². The van der Waals surface area contributed by atoms with Gasteiger partial charge in [0.2, 0.25) is 11.8 Å². The zero-order valence-corrected chi connectivity index (χ0v) is 15.9. The molecule has 0 spiro atoms. The van der Waals surface area contributed by atoms with Crippen molar-refractivity contribution < 1.29 is 13.7 Å². The molecule has 0 atom stereocenters. The van der Waals surface area contributed by atoms with E-state index in [0.29, 0.717) is 42.6 Å². The van der Waals surface area contributed by atoms with Gasteiger partial charge in [0, 0.05) is 44.2 Å². The van der Waals surface area contributed by atoms with Crippen LogP contribution in [0.1, 0.15) is 30.1 Å². The van der Waals surface area contributed by atoms with Gasteiger partial charge in [-0.3, -0.25) is 4.79 Å². The number of para-hydroxylation sites is 1. The summed E-state index contributed by atoms with van der Waals surface area (Å²) >= 11 is 0. The Labute approximate surface area is 162 Å². The van der Waals surface area contributed by atoms with Crippen molar-refractivity contribution in [1.29, 1.82) is 0 Å². The fourth-order valence-electron chi connectivity index (χ4n) is 3.41. The molecule has 146 valence electrons. The lowest BCUT2D eigenvalue weighted by atomic mass is 10.0. The number of benzene rings is 1. The minimum atomic E-state index is -0.0256. The maximum absolute atomic E-state index is 12.1. The maximum Gasteiger partial charge on any atom is 0.269 e. The van der Waals surface area contributed by atoms with Crippen LogP contribution in [0.5, 0.6) is 0 Å². The smallest absolute Gasteiger partial charge is 0.269 e. The first-order chi connectivity index (χ1) is 13.7. The third-order valence-corrected chi connectivity index (χ3v) is 4.79. The lowest BCUT2D eigenvalue weighted by Gasteiger charge is -2.31. The summed E-state index contributed by atoms with van der Waals surface area (Å²) in [6.45, 7) is 4.24. The lowest BCUT2D eigenvalue weighted by Crippen LogP contribution is -2.37. The highest BCUT2D eigenvalue weighted by Gasteiger charge is 2.16. The standard InChI is InChI=1S/C20H23N5O3/c1-14-13-16(24-28-14)20-23-22-19(27-20)9-8-18(26)21-10-12-25-11-4-6-15-5-2-3-7-17(15)25/h2-3,5,7,13H,4,6,8-12H2,1H3,(H,21,26). The Balaban J connectivity index is 1.22. The number of hydrogen-bond donors (Lipinski definition) is 1. The highest BCUT2D eigenvalue weighted by Crippen LogP contribution is 2.26. The zero-order chi connectivity index (χ0) is 19.3. The minimum absolute atomic E-state index is 0.0256. The van der Waals surface area contributed by atoms with Gasteiger partial charge in [0.05, 0.1) is 0 Å². The molecule has 0 saturated carbocycles. The van der Waals surface area contributed by atoms with Crippen LogP contribution in [0, 0.1) is 6.92 Å². The van der Waals surface area contributed by atoms with E-state index in [2.05, 4.69) is 49.8 Å². The summed E-state index contributed by atoms with van der Waals surface area (Å²) in [6.07, 6.45) is 2.97. The average Bonchev–Trinajstić information content (AvgIpc) is 3.35. The average molecular weight is 381 g/mol. The van der Waals surface area contributed by atoms with Gasteiger partial charge in [0.1, 0.15) is 5.76 Å². The zero-order valence-electron chi connectivity index (χ0n) is 15.9. The molecule has 0 unspecified atom stereocenters. The first-order valence-corrected chi connectivity index (χ1v) is 9.54. The van der Waals surface area contributed by atoms with E-state index in [9.17, 15) is 4.79 Å².